The average molecular weight is 406 g/mol. The maximum atomic E-state index is 12.5. The van der Waals surface area contributed by atoms with Gasteiger partial charge in [0.05, 0.1) is 18.4 Å². The van der Waals surface area contributed by atoms with E-state index in [1.807, 2.05) is 12.1 Å². The standard InChI is InChI=1S/C20H24BrNO3/c1-25-18-7-6-15(21)16(22-18)11-20(24)9-8-12-10-17(23)13-4-2-3-5-14(13)19(12)20/h6-9,12-14,19,24H,2-5,10-11H2,1H3/t12-,13+,14+,19+,20?/m0/s1. The van der Waals surface area contributed by atoms with Crippen LogP contribution in [0.5, 0.6) is 5.88 Å². The second-order valence-corrected chi connectivity index (χ2v) is 8.58. The Kier molecular flexibility index (Phi) is 4.49. The summed E-state index contributed by atoms with van der Waals surface area (Å²) >= 11 is 3.55. The Morgan fingerprint density at radius 3 is 2.96 bits per heavy atom. The second-order valence-electron chi connectivity index (χ2n) is 7.72. The molecule has 0 aliphatic heterocycles. The lowest BCUT2D eigenvalue weighted by atomic mass is 9.58. The summed E-state index contributed by atoms with van der Waals surface area (Å²) < 4.78 is 6.12. The minimum Gasteiger partial charge on any atom is -0.481 e. The van der Waals surface area contributed by atoms with Crippen LogP contribution in [0.1, 0.15) is 37.8 Å². The Morgan fingerprint density at radius 1 is 1.36 bits per heavy atom. The molecule has 134 valence electrons. The Hall–Kier alpha value is -1.20. The number of ketones is 1. The van der Waals surface area contributed by atoms with Crippen LogP contribution in [0.2, 0.25) is 0 Å². The lowest BCUT2D eigenvalue weighted by Crippen LogP contribution is -2.50. The quantitative estimate of drug-likeness (QED) is 0.778. The molecule has 1 N–H and O–H groups in total. The van der Waals surface area contributed by atoms with Gasteiger partial charge in [-0.1, -0.05) is 25.0 Å². The maximum Gasteiger partial charge on any atom is 0.213 e. The van der Waals surface area contributed by atoms with Gasteiger partial charge >= 0.3 is 0 Å². The van der Waals surface area contributed by atoms with Crippen molar-refractivity contribution < 1.29 is 14.6 Å². The van der Waals surface area contributed by atoms with Crippen LogP contribution in [-0.2, 0) is 11.2 Å². The van der Waals surface area contributed by atoms with Crippen molar-refractivity contribution in [2.75, 3.05) is 7.11 Å². The number of Topliss-reactive ketones (excluding diaryl/α,β-unsaturated/α-hetero) is 1. The number of hydrogen-bond donors (Lipinski definition) is 1. The molecule has 1 aromatic rings. The molecule has 5 atom stereocenters. The number of aliphatic hydroxyl groups is 1. The fourth-order valence-electron chi connectivity index (χ4n) is 5.29. The molecule has 3 aliphatic rings. The van der Waals surface area contributed by atoms with Crippen molar-refractivity contribution in [2.24, 2.45) is 23.7 Å². The van der Waals surface area contributed by atoms with Gasteiger partial charge in [-0.25, -0.2) is 4.98 Å². The van der Waals surface area contributed by atoms with E-state index >= 15 is 0 Å². The molecule has 1 aromatic heterocycles. The number of carbonyl (C=O) groups excluding carboxylic acids is 1. The molecule has 0 saturated heterocycles. The lowest BCUT2D eigenvalue weighted by molar-refractivity contribution is -0.137. The number of carbonyl (C=O) groups is 1. The molecule has 0 radical (unpaired) electrons. The summed E-state index contributed by atoms with van der Waals surface area (Å²) in [6.45, 7) is 0. The number of fused-ring (bicyclic) bond motifs is 3. The fourth-order valence-corrected chi connectivity index (χ4v) is 5.66. The first-order valence-corrected chi connectivity index (χ1v) is 9.95. The zero-order valence-electron chi connectivity index (χ0n) is 14.5. The smallest absolute Gasteiger partial charge is 0.213 e. The highest BCUT2D eigenvalue weighted by Crippen LogP contribution is 2.53. The van der Waals surface area contributed by atoms with E-state index in [0.717, 1.165) is 35.8 Å². The van der Waals surface area contributed by atoms with E-state index in [4.69, 9.17) is 4.74 Å². The van der Waals surface area contributed by atoms with Crippen molar-refractivity contribution in [3.05, 3.63) is 34.5 Å². The molecule has 4 rings (SSSR count). The third-order valence-electron chi connectivity index (χ3n) is 6.35. The zero-order valence-corrected chi connectivity index (χ0v) is 16.0. The van der Waals surface area contributed by atoms with Crippen LogP contribution in [0.15, 0.2) is 28.8 Å². The number of pyridine rings is 1. The van der Waals surface area contributed by atoms with Crippen LogP contribution in [-0.4, -0.2) is 28.6 Å². The Balaban J connectivity index is 1.65. The van der Waals surface area contributed by atoms with E-state index in [-0.39, 0.29) is 17.8 Å². The Labute approximate surface area is 156 Å². The van der Waals surface area contributed by atoms with Crippen LogP contribution in [0.4, 0.5) is 0 Å². The van der Waals surface area contributed by atoms with Crippen molar-refractivity contribution in [1.29, 1.82) is 0 Å². The molecular weight excluding hydrogens is 382 g/mol. The third-order valence-corrected chi connectivity index (χ3v) is 7.08. The topological polar surface area (TPSA) is 59.4 Å². The predicted molar refractivity (Wildman–Crippen MR) is 98.3 cm³/mol. The van der Waals surface area contributed by atoms with Gasteiger partial charge in [0.1, 0.15) is 5.78 Å². The first kappa shape index (κ1) is 17.2. The number of hydrogen-bond acceptors (Lipinski definition) is 4. The van der Waals surface area contributed by atoms with Gasteiger partial charge in [-0.15, -0.1) is 0 Å². The van der Waals surface area contributed by atoms with Crippen molar-refractivity contribution in [2.45, 2.75) is 44.1 Å². The number of nitrogens with zero attached hydrogens (tertiary/aromatic N) is 1. The maximum absolute atomic E-state index is 12.5. The highest BCUT2D eigenvalue weighted by molar-refractivity contribution is 9.10. The zero-order chi connectivity index (χ0) is 17.6. The average Bonchev–Trinajstić information content (AvgIpc) is 2.94. The van der Waals surface area contributed by atoms with Crippen molar-refractivity contribution in [1.82, 2.24) is 4.98 Å². The summed E-state index contributed by atoms with van der Waals surface area (Å²) in [5.41, 5.74) is -0.135. The van der Waals surface area contributed by atoms with Gasteiger partial charge in [-0.05, 0) is 46.7 Å². The monoisotopic (exact) mass is 405 g/mol. The largest absolute Gasteiger partial charge is 0.481 e. The number of aromatic nitrogens is 1. The lowest BCUT2D eigenvalue weighted by Gasteiger charge is -2.47. The summed E-state index contributed by atoms with van der Waals surface area (Å²) in [5.74, 6) is 1.68. The molecular formula is C20H24BrNO3. The number of allylic oxidation sites excluding steroid dienone is 1. The molecule has 2 fully saturated rings. The van der Waals surface area contributed by atoms with E-state index in [1.54, 1.807) is 13.2 Å². The highest BCUT2D eigenvalue weighted by atomic mass is 79.9. The van der Waals surface area contributed by atoms with E-state index in [1.165, 1.54) is 0 Å². The van der Waals surface area contributed by atoms with E-state index in [9.17, 15) is 9.90 Å². The van der Waals surface area contributed by atoms with E-state index in [2.05, 4.69) is 27.0 Å². The molecule has 0 bridgehead atoms. The molecule has 1 heterocycles. The molecule has 1 unspecified atom stereocenters. The SMILES string of the molecule is COc1ccc(Br)c(CC2(O)C=C[C@H]3CC(=O)[C@@H]4CCCC[C@H]4[C@@H]32)n1. The Morgan fingerprint density at radius 2 is 2.16 bits per heavy atom. The summed E-state index contributed by atoms with van der Waals surface area (Å²) in [4.78, 5) is 17.1. The molecule has 3 aliphatic carbocycles. The van der Waals surface area contributed by atoms with Gasteiger partial charge < -0.3 is 9.84 Å². The molecule has 0 aromatic carbocycles. The number of methoxy groups -OCH3 is 1. The van der Waals surface area contributed by atoms with Crippen LogP contribution < -0.4 is 4.74 Å². The van der Waals surface area contributed by atoms with Gasteiger partial charge in [0.15, 0.2) is 0 Å². The molecule has 4 nitrogen and oxygen atoms in total. The van der Waals surface area contributed by atoms with Crippen LogP contribution >= 0.6 is 15.9 Å². The molecule has 2 saturated carbocycles. The van der Waals surface area contributed by atoms with Crippen molar-refractivity contribution >= 4 is 21.7 Å². The van der Waals surface area contributed by atoms with Gasteiger partial charge in [-0.2, -0.15) is 0 Å². The van der Waals surface area contributed by atoms with E-state index in [0.29, 0.717) is 30.4 Å². The van der Waals surface area contributed by atoms with Gasteiger partial charge in [-0.3, -0.25) is 4.79 Å². The number of rotatable bonds is 3. The molecule has 25 heavy (non-hydrogen) atoms. The van der Waals surface area contributed by atoms with Crippen LogP contribution in [0.25, 0.3) is 0 Å². The van der Waals surface area contributed by atoms with Crippen LogP contribution in [0.3, 0.4) is 0 Å². The van der Waals surface area contributed by atoms with Crippen molar-refractivity contribution in [3.63, 3.8) is 0 Å². The third kappa shape index (κ3) is 2.95. The summed E-state index contributed by atoms with van der Waals surface area (Å²) in [6.07, 6.45) is 9.37. The normalized spacial score (nSPS) is 36.8. The van der Waals surface area contributed by atoms with E-state index < -0.39 is 5.60 Å². The predicted octanol–water partition coefficient (Wildman–Crippen LogP) is 3.71. The second kappa shape index (κ2) is 6.51. The summed E-state index contributed by atoms with van der Waals surface area (Å²) in [7, 11) is 1.60. The minimum atomic E-state index is -0.937. The number of halogens is 1. The first-order chi connectivity index (χ1) is 12.0. The summed E-state index contributed by atoms with van der Waals surface area (Å²) in [6, 6.07) is 3.72. The highest BCUT2D eigenvalue weighted by Gasteiger charge is 2.54. The Bertz CT molecular complexity index is 719. The molecule has 0 amide bonds. The minimum absolute atomic E-state index is 0.121. The van der Waals surface area contributed by atoms with Crippen LogP contribution in [0, 0.1) is 23.7 Å². The number of ether oxygens (including phenoxy) is 1. The van der Waals surface area contributed by atoms with Gasteiger partial charge in [0, 0.05) is 35.2 Å². The van der Waals surface area contributed by atoms with Gasteiger partial charge in [0.2, 0.25) is 5.88 Å². The molecule has 5 heteroatoms. The molecule has 0 spiro atoms. The fraction of sp³-hybridized carbons (Fsp3) is 0.600. The van der Waals surface area contributed by atoms with Crippen molar-refractivity contribution in [3.8, 4) is 5.88 Å². The summed E-state index contributed by atoms with van der Waals surface area (Å²) in [5, 5.41) is 11.6. The van der Waals surface area contributed by atoms with Gasteiger partial charge in [0.25, 0.3) is 0 Å². The first-order valence-electron chi connectivity index (χ1n) is 9.16.